The highest BCUT2D eigenvalue weighted by Gasteiger charge is 2.52. The van der Waals surface area contributed by atoms with Gasteiger partial charge in [-0.1, -0.05) is 200 Å². The van der Waals surface area contributed by atoms with Crippen LogP contribution in [0.2, 0.25) is 0 Å². The lowest BCUT2D eigenvalue weighted by Crippen LogP contribution is -2.26. The molecule has 0 saturated heterocycles. The average molecular weight is 879 g/mol. The summed E-state index contributed by atoms with van der Waals surface area (Å²) >= 11 is 0. The Kier molecular flexibility index (Phi) is 7.93. The number of rotatable bonds is 5. The van der Waals surface area contributed by atoms with Crippen LogP contribution in [0.4, 0.5) is 0 Å². The Morgan fingerprint density at radius 1 is 0.333 bits per heavy atom. The number of hydrogen-bond acceptors (Lipinski definition) is 4. The molecule has 15 rings (SSSR count). The van der Waals surface area contributed by atoms with Gasteiger partial charge in [-0.2, -0.15) is 0 Å². The van der Waals surface area contributed by atoms with Crippen LogP contribution < -0.4 is 0 Å². The quantitative estimate of drug-likeness (QED) is 0.173. The largest absolute Gasteiger partial charge is 0.455 e. The van der Waals surface area contributed by atoms with Gasteiger partial charge in [0, 0.05) is 27.3 Å². The summed E-state index contributed by atoms with van der Waals surface area (Å²) in [6.07, 6.45) is 0. The molecule has 0 saturated carbocycles. The Morgan fingerprint density at radius 3 is 1.51 bits per heavy atom. The third kappa shape index (κ3) is 5.27. The molecule has 3 heterocycles. The minimum atomic E-state index is -0.510. The van der Waals surface area contributed by atoms with Gasteiger partial charge in [0.1, 0.15) is 11.2 Å². The third-order valence-electron chi connectivity index (χ3n) is 14.7. The minimum Gasteiger partial charge on any atom is -0.455 e. The van der Waals surface area contributed by atoms with Crippen LogP contribution in [-0.4, -0.2) is 19.5 Å². The molecular formula is C64H38N4O. The maximum absolute atomic E-state index is 7.01. The van der Waals surface area contributed by atoms with E-state index in [4.69, 9.17) is 19.4 Å². The van der Waals surface area contributed by atoms with Crippen LogP contribution in [0.3, 0.4) is 0 Å². The van der Waals surface area contributed by atoms with Crippen molar-refractivity contribution in [3.05, 3.63) is 253 Å². The lowest BCUT2D eigenvalue weighted by Gasteiger charge is -2.31. The average Bonchev–Trinajstić information content (AvgIpc) is 4.15. The summed E-state index contributed by atoms with van der Waals surface area (Å²) in [5, 5.41) is 4.48. The second-order valence-electron chi connectivity index (χ2n) is 18.2. The Labute approximate surface area is 397 Å². The zero-order valence-electron chi connectivity index (χ0n) is 37.1. The van der Waals surface area contributed by atoms with E-state index >= 15 is 0 Å². The van der Waals surface area contributed by atoms with Gasteiger partial charge >= 0.3 is 0 Å². The van der Waals surface area contributed by atoms with Crippen molar-refractivity contribution in [3.63, 3.8) is 0 Å². The van der Waals surface area contributed by atoms with Crippen LogP contribution in [0.15, 0.2) is 235 Å². The zero-order valence-corrected chi connectivity index (χ0v) is 37.1. The molecule has 5 nitrogen and oxygen atoms in total. The van der Waals surface area contributed by atoms with Gasteiger partial charge in [0.05, 0.1) is 33.1 Å². The topological polar surface area (TPSA) is 56.7 Å². The van der Waals surface area contributed by atoms with Gasteiger partial charge in [-0.25, -0.2) is 15.0 Å². The van der Waals surface area contributed by atoms with E-state index in [1.165, 1.54) is 55.3 Å². The smallest absolute Gasteiger partial charge is 0.167 e. The van der Waals surface area contributed by atoms with E-state index in [1.807, 2.05) is 42.5 Å². The Hall–Kier alpha value is -9.19. The van der Waals surface area contributed by atoms with Gasteiger partial charge in [0.25, 0.3) is 0 Å². The lowest BCUT2D eigenvalue weighted by atomic mass is 9.69. The predicted octanol–water partition coefficient (Wildman–Crippen LogP) is 15.9. The first-order valence-corrected chi connectivity index (χ1v) is 23.5. The van der Waals surface area contributed by atoms with Crippen molar-refractivity contribution < 1.29 is 4.42 Å². The highest BCUT2D eigenvalue weighted by Crippen LogP contribution is 2.64. The number of para-hydroxylation sites is 2. The van der Waals surface area contributed by atoms with E-state index < -0.39 is 5.41 Å². The molecule has 0 aliphatic heterocycles. The summed E-state index contributed by atoms with van der Waals surface area (Å²) in [5.41, 5.74) is 19.6. The summed E-state index contributed by atoms with van der Waals surface area (Å²) in [4.78, 5) is 15.6. The number of furan rings is 1. The van der Waals surface area contributed by atoms with E-state index in [0.29, 0.717) is 17.5 Å². The second kappa shape index (κ2) is 14.4. The van der Waals surface area contributed by atoms with Crippen molar-refractivity contribution in [1.29, 1.82) is 0 Å². The fraction of sp³-hybridized carbons (Fsp3) is 0.0156. The summed E-state index contributed by atoms with van der Waals surface area (Å²) in [7, 11) is 0. The van der Waals surface area contributed by atoms with Gasteiger partial charge in [-0.15, -0.1) is 0 Å². The molecule has 2 aliphatic carbocycles. The predicted molar refractivity (Wildman–Crippen MR) is 279 cm³/mol. The molecule has 0 fully saturated rings. The second-order valence-corrected chi connectivity index (χ2v) is 18.2. The molecule has 13 aromatic rings. The van der Waals surface area contributed by atoms with Gasteiger partial charge in [-0.3, -0.25) is 0 Å². The first-order chi connectivity index (χ1) is 34.2. The van der Waals surface area contributed by atoms with Crippen LogP contribution in [0.5, 0.6) is 0 Å². The molecule has 2 aliphatic rings. The SMILES string of the molecule is c1ccc(-c2ccc(-c3nc(-c4ccccc4)nc(-c4ccc(-n5c6ccccc6c6c7c(ccc65)-c5ccccc5C75c6ccccc6-c6ccccc65)c5c4oc4ccccc45)n3)cc2)cc1. The maximum atomic E-state index is 7.01. The molecule has 10 aromatic carbocycles. The van der Waals surface area contributed by atoms with E-state index in [1.54, 1.807) is 0 Å². The fourth-order valence-corrected chi connectivity index (χ4v) is 11.9. The maximum Gasteiger partial charge on any atom is 0.167 e. The number of aromatic nitrogens is 4. The van der Waals surface area contributed by atoms with Crippen molar-refractivity contribution >= 4 is 43.7 Å². The number of benzene rings is 10. The standard InChI is InChI=1S/C64H38N4O/c1-3-17-39(18-4-1)40-31-33-42(34-32-40)62-65-61(41-19-5-2-6-20-41)66-63(67-62)49-36-38-55(58-48-25-11-16-30-56(48)69-60(49)58)68-53-29-15-10-24-47(53)57-54(68)37-35-46-45-23-9-14-28-52(45)64(59(46)57)50-26-12-7-21-43(50)44-22-8-13-27-51(44)64/h1-38H. The van der Waals surface area contributed by atoms with Crippen molar-refractivity contribution in [1.82, 2.24) is 19.5 Å². The van der Waals surface area contributed by atoms with Crippen molar-refractivity contribution in [3.8, 4) is 73.2 Å². The number of nitrogens with zero attached hydrogens (tertiary/aromatic N) is 4. The minimum absolute atomic E-state index is 0.510. The van der Waals surface area contributed by atoms with Crippen LogP contribution >= 0.6 is 0 Å². The molecule has 0 radical (unpaired) electrons. The van der Waals surface area contributed by atoms with Crippen molar-refractivity contribution in [2.24, 2.45) is 0 Å². The van der Waals surface area contributed by atoms with Gasteiger partial charge in [-0.05, 0) is 86.0 Å². The van der Waals surface area contributed by atoms with Gasteiger partial charge in [0.15, 0.2) is 17.5 Å². The molecule has 1 spiro atoms. The normalized spacial score (nSPS) is 13.0. The van der Waals surface area contributed by atoms with E-state index in [0.717, 1.165) is 66.5 Å². The van der Waals surface area contributed by atoms with Crippen LogP contribution in [0.25, 0.3) is 117 Å². The van der Waals surface area contributed by atoms with E-state index in [-0.39, 0.29) is 0 Å². The third-order valence-corrected chi connectivity index (χ3v) is 14.7. The molecule has 0 unspecified atom stereocenters. The molecule has 0 atom stereocenters. The zero-order chi connectivity index (χ0) is 45.2. The highest BCUT2D eigenvalue weighted by molar-refractivity contribution is 6.19. The molecule has 3 aromatic heterocycles. The first kappa shape index (κ1) is 38.0. The van der Waals surface area contributed by atoms with Crippen molar-refractivity contribution in [2.45, 2.75) is 5.41 Å². The summed E-state index contributed by atoms with van der Waals surface area (Å²) in [6.45, 7) is 0. The number of hydrogen-bond donors (Lipinski definition) is 0. The molecule has 0 N–H and O–H groups in total. The van der Waals surface area contributed by atoms with E-state index in [9.17, 15) is 0 Å². The number of fused-ring (bicyclic) bond motifs is 17. The molecule has 320 valence electrons. The first-order valence-electron chi connectivity index (χ1n) is 23.5. The summed E-state index contributed by atoms with van der Waals surface area (Å²) in [6, 6.07) is 82.5. The van der Waals surface area contributed by atoms with Gasteiger partial charge < -0.3 is 8.98 Å². The Bertz CT molecular complexity index is 4180. The van der Waals surface area contributed by atoms with Crippen LogP contribution in [-0.2, 0) is 5.41 Å². The Morgan fingerprint density at radius 2 is 0.826 bits per heavy atom. The lowest BCUT2D eigenvalue weighted by molar-refractivity contribution is 0.669. The van der Waals surface area contributed by atoms with Crippen LogP contribution in [0, 0.1) is 0 Å². The summed E-state index contributed by atoms with van der Waals surface area (Å²) < 4.78 is 9.48. The molecular weight excluding hydrogens is 841 g/mol. The van der Waals surface area contributed by atoms with Crippen molar-refractivity contribution in [2.75, 3.05) is 0 Å². The van der Waals surface area contributed by atoms with Gasteiger partial charge in [0.2, 0.25) is 0 Å². The highest BCUT2D eigenvalue weighted by atomic mass is 16.3. The monoisotopic (exact) mass is 878 g/mol. The molecule has 5 heteroatoms. The molecule has 0 amide bonds. The molecule has 0 bridgehead atoms. The van der Waals surface area contributed by atoms with Crippen LogP contribution in [0.1, 0.15) is 22.3 Å². The fourth-order valence-electron chi connectivity index (χ4n) is 11.9. The molecule has 69 heavy (non-hydrogen) atoms. The summed E-state index contributed by atoms with van der Waals surface area (Å²) in [5.74, 6) is 1.73. The Balaban J connectivity index is 0.996. The van der Waals surface area contributed by atoms with E-state index in [2.05, 4.69) is 193 Å².